The summed E-state index contributed by atoms with van der Waals surface area (Å²) in [5, 5.41) is 4.65. The Kier molecular flexibility index (Phi) is 9.66. The average molecular weight is 528 g/mol. The number of carbonyl (C=O) groups is 1. The van der Waals surface area contributed by atoms with E-state index >= 15 is 0 Å². The zero-order valence-corrected chi connectivity index (χ0v) is 24.4. The Labute approximate surface area is 227 Å². The molecule has 0 bridgehead atoms. The van der Waals surface area contributed by atoms with E-state index < -0.39 is 0 Å². The van der Waals surface area contributed by atoms with Crippen molar-refractivity contribution in [1.82, 2.24) is 24.6 Å². The third-order valence-corrected chi connectivity index (χ3v) is 8.66. The van der Waals surface area contributed by atoms with E-state index in [2.05, 4.69) is 35.8 Å². The van der Waals surface area contributed by atoms with Gasteiger partial charge in [-0.25, -0.2) is 4.98 Å². The lowest BCUT2D eigenvalue weighted by Crippen LogP contribution is -2.38. The van der Waals surface area contributed by atoms with Gasteiger partial charge in [-0.15, -0.1) is 0 Å². The molecule has 1 N–H and O–H groups in total. The summed E-state index contributed by atoms with van der Waals surface area (Å²) in [6.07, 6.45) is 13.5. The van der Waals surface area contributed by atoms with Gasteiger partial charge in [-0.2, -0.15) is 5.10 Å². The van der Waals surface area contributed by atoms with Crippen LogP contribution >= 0.6 is 0 Å². The first-order chi connectivity index (χ1) is 18.1. The number of nitrogens with zero attached hydrogens (tertiary/aromatic N) is 4. The molecule has 0 aromatic carbocycles. The van der Waals surface area contributed by atoms with Crippen LogP contribution in [0.1, 0.15) is 103 Å². The van der Waals surface area contributed by atoms with Crippen LogP contribution in [-0.2, 0) is 28.4 Å². The van der Waals surface area contributed by atoms with E-state index in [9.17, 15) is 9.59 Å². The molecule has 1 atom stereocenters. The molecule has 1 unspecified atom stereocenters. The Balaban J connectivity index is 1.42. The highest BCUT2D eigenvalue weighted by atomic mass is 16.5. The van der Waals surface area contributed by atoms with Crippen LogP contribution in [0.4, 0.5) is 0 Å². The summed E-state index contributed by atoms with van der Waals surface area (Å²) in [6.45, 7) is 11.0. The number of aromatic amines is 1. The molecule has 38 heavy (non-hydrogen) atoms. The average Bonchev–Trinajstić information content (AvgIpc) is 3.22. The van der Waals surface area contributed by atoms with Crippen molar-refractivity contribution in [2.24, 2.45) is 24.8 Å². The number of aromatic nitrogens is 4. The Morgan fingerprint density at radius 1 is 1.08 bits per heavy atom. The molecule has 1 saturated carbocycles. The van der Waals surface area contributed by atoms with Crippen molar-refractivity contribution in [3.05, 3.63) is 21.9 Å². The van der Waals surface area contributed by atoms with E-state index in [1.165, 1.54) is 44.9 Å². The van der Waals surface area contributed by atoms with Gasteiger partial charge in [0.05, 0.1) is 18.8 Å². The molecule has 0 amide bonds. The van der Waals surface area contributed by atoms with Crippen LogP contribution < -0.4 is 5.56 Å². The minimum atomic E-state index is -0.177. The molecule has 212 valence electrons. The number of likely N-dealkylation sites (tertiary alicyclic amines) is 1. The maximum absolute atomic E-state index is 13.0. The van der Waals surface area contributed by atoms with Crippen LogP contribution in [-0.4, -0.2) is 56.9 Å². The number of ether oxygens (including phenoxy) is 1. The Morgan fingerprint density at radius 3 is 2.37 bits per heavy atom. The predicted molar refractivity (Wildman–Crippen MR) is 151 cm³/mol. The van der Waals surface area contributed by atoms with E-state index in [-0.39, 0.29) is 16.9 Å². The number of hydrogen-bond acceptors (Lipinski definition) is 6. The van der Waals surface area contributed by atoms with Gasteiger partial charge in [-0.05, 0) is 69.9 Å². The molecular formula is C30H49N5O3. The molecule has 1 aliphatic carbocycles. The third kappa shape index (κ3) is 7.45. The molecule has 0 spiro atoms. The van der Waals surface area contributed by atoms with Crippen molar-refractivity contribution >= 4 is 17.0 Å². The van der Waals surface area contributed by atoms with Gasteiger partial charge in [0.25, 0.3) is 5.56 Å². The highest BCUT2D eigenvalue weighted by Crippen LogP contribution is 2.35. The lowest BCUT2D eigenvalue weighted by molar-refractivity contribution is -0.144. The Hall–Kier alpha value is -2.22. The molecule has 0 radical (unpaired) electrons. The van der Waals surface area contributed by atoms with Crippen molar-refractivity contribution in [2.45, 2.75) is 104 Å². The van der Waals surface area contributed by atoms with Gasteiger partial charge in [0, 0.05) is 18.9 Å². The number of rotatable bonds is 10. The summed E-state index contributed by atoms with van der Waals surface area (Å²) in [5.41, 5.74) is 1.93. The molecule has 1 aliphatic heterocycles. The molecule has 2 fully saturated rings. The van der Waals surface area contributed by atoms with Gasteiger partial charge in [0.15, 0.2) is 5.52 Å². The van der Waals surface area contributed by atoms with Gasteiger partial charge in [0.1, 0.15) is 11.3 Å². The summed E-state index contributed by atoms with van der Waals surface area (Å²) in [7, 11) is 1.83. The quantitative estimate of drug-likeness (QED) is 0.430. The summed E-state index contributed by atoms with van der Waals surface area (Å²) < 4.78 is 6.81. The maximum atomic E-state index is 13.0. The fraction of sp³-hybridized carbons (Fsp3) is 0.800. The zero-order valence-electron chi connectivity index (χ0n) is 24.4. The van der Waals surface area contributed by atoms with Gasteiger partial charge in [-0.3, -0.25) is 19.2 Å². The molecule has 8 heteroatoms. The van der Waals surface area contributed by atoms with Crippen LogP contribution in [0.2, 0.25) is 0 Å². The van der Waals surface area contributed by atoms with Crippen molar-refractivity contribution in [1.29, 1.82) is 0 Å². The maximum Gasteiger partial charge on any atom is 0.320 e. The largest absolute Gasteiger partial charge is 0.465 e. The van der Waals surface area contributed by atoms with Gasteiger partial charge >= 0.3 is 5.97 Å². The number of piperidine rings is 1. The molecule has 2 aromatic rings. The SMILES string of the molecule is CCOC(=O)CN1CCC(CC(CCc2nc3c(C(C)(C)C)nn(C)c3c(=O)[nH]2)CC2CCCCC2)CC1. The number of esters is 1. The standard InChI is InChI=1S/C30H49N5O3/c1-6-38-25(36)20-35-16-14-22(15-17-35)19-23(18-21-10-8-7-9-11-21)12-13-24-31-26-27(29(37)32-24)34(5)33-28(26)30(2,3)4/h21-23H,6-20H2,1-5H3,(H,31,32,37). The second kappa shape index (κ2) is 12.8. The molecule has 3 heterocycles. The van der Waals surface area contributed by atoms with E-state index in [1.54, 1.807) is 4.68 Å². The fourth-order valence-corrected chi connectivity index (χ4v) is 6.66. The van der Waals surface area contributed by atoms with Crippen molar-refractivity contribution in [3.63, 3.8) is 0 Å². The second-order valence-electron chi connectivity index (χ2n) is 12.8. The lowest BCUT2D eigenvalue weighted by atomic mass is 9.77. The number of fused-ring (bicyclic) bond motifs is 1. The summed E-state index contributed by atoms with van der Waals surface area (Å²) in [4.78, 5) is 35.2. The Bertz CT molecular complexity index is 1120. The zero-order chi connectivity index (χ0) is 27.3. The van der Waals surface area contributed by atoms with Crippen LogP contribution in [0.25, 0.3) is 11.0 Å². The summed E-state index contributed by atoms with van der Waals surface area (Å²) in [6, 6.07) is 0. The minimum absolute atomic E-state index is 0.0895. The van der Waals surface area contributed by atoms with Gasteiger partial charge in [0.2, 0.25) is 0 Å². The van der Waals surface area contributed by atoms with Gasteiger partial charge in [-0.1, -0.05) is 52.9 Å². The topological polar surface area (TPSA) is 93.1 Å². The molecule has 8 nitrogen and oxygen atoms in total. The second-order valence-corrected chi connectivity index (χ2v) is 12.8. The van der Waals surface area contributed by atoms with Crippen molar-refractivity contribution in [2.75, 3.05) is 26.2 Å². The number of nitrogens with one attached hydrogen (secondary N) is 1. The smallest absolute Gasteiger partial charge is 0.320 e. The van der Waals surface area contributed by atoms with Crippen molar-refractivity contribution in [3.8, 4) is 0 Å². The lowest BCUT2D eigenvalue weighted by Gasteiger charge is -2.34. The number of hydrogen-bond donors (Lipinski definition) is 1. The van der Waals surface area contributed by atoms with Gasteiger partial charge < -0.3 is 9.72 Å². The van der Waals surface area contributed by atoms with E-state index in [0.717, 1.165) is 61.7 Å². The molecule has 2 aliphatic rings. The molecule has 1 saturated heterocycles. The highest BCUT2D eigenvalue weighted by Gasteiger charge is 2.28. The first-order valence-electron chi connectivity index (χ1n) is 15.0. The van der Waals surface area contributed by atoms with E-state index in [4.69, 9.17) is 9.72 Å². The van der Waals surface area contributed by atoms with E-state index in [1.807, 2.05) is 14.0 Å². The number of aryl methyl sites for hydroxylation is 2. The first-order valence-corrected chi connectivity index (χ1v) is 15.0. The number of H-pyrrole nitrogens is 1. The fourth-order valence-electron chi connectivity index (χ4n) is 6.66. The molecule has 2 aromatic heterocycles. The normalized spacial score (nSPS) is 19.2. The molecule has 4 rings (SSSR count). The van der Waals surface area contributed by atoms with Crippen LogP contribution in [0, 0.1) is 17.8 Å². The summed E-state index contributed by atoms with van der Waals surface area (Å²) in [5.74, 6) is 2.85. The first kappa shape index (κ1) is 28.8. The van der Waals surface area contributed by atoms with Crippen LogP contribution in [0.15, 0.2) is 4.79 Å². The van der Waals surface area contributed by atoms with Crippen LogP contribution in [0.3, 0.4) is 0 Å². The van der Waals surface area contributed by atoms with Crippen LogP contribution in [0.5, 0.6) is 0 Å². The predicted octanol–water partition coefficient (Wildman–Crippen LogP) is 5.14. The van der Waals surface area contributed by atoms with Crippen molar-refractivity contribution < 1.29 is 9.53 Å². The monoisotopic (exact) mass is 527 g/mol. The van der Waals surface area contributed by atoms with E-state index in [0.29, 0.717) is 30.5 Å². The Morgan fingerprint density at radius 2 is 1.74 bits per heavy atom. The molecular weight excluding hydrogens is 478 g/mol. The number of carbonyl (C=O) groups excluding carboxylic acids is 1. The third-order valence-electron chi connectivity index (χ3n) is 8.66. The highest BCUT2D eigenvalue weighted by molar-refractivity contribution is 5.77. The summed E-state index contributed by atoms with van der Waals surface area (Å²) >= 11 is 0. The minimum Gasteiger partial charge on any atom is -0.465 e.